The van der Waals surface area contributed by atoms with E-state index in [1.807, 2.05) is 11.9 Å². The number of rotatable bonds is 5. The molecule has 22 heavy (non-hydrogen) atoms. The Hall–Kier alpha value is -1.88. The molecule has 0 aliphatic rings. The third-order valence-corrected chi connectivity index (χ3v) is 3.90. The van der Waals surface area contributed by atoms with Crippen LogP contribution < -0.4 is 5.32 Å². The van der Waals surface area contributed by atoms with Crippen LogP contribution in [-0.2, 0) is 9.53 Å². The highest BCUT2D eigenvalue weighted by atomic mass is 16.5. The van der Waals surface area contributed by atoms with Gasteiger partial charge in [0.2, 0.25) is 5.91 Å². The van der Waals surface area contributed by atoms with Crippen molar-refractivity contribution in [2.45, 2.75) is 33.7 Å². The van der Waals surface area contributed by atoms with Crippen molar-refractivity contribution in [1.29, 1.82) is 0 Å². The van der Waals surface area contributed by atoms with Crippen molar-refractivity contribution in [3.8, 4) is 0 Å². The summed E-state index contributed by atoms with van der Waals surface area (Å²) in [7, 11) is 3.28. The largest absolute Gasteiger partial charge is 0.465 e. The lowest BCUT2D eigenvalue weighted by Crippen LogP contribution is -2.43. The number of carbonyl (C=O) groups excluding carboxylic acids is 2. The first-order chi connectivity index (χ1) is 10.1. The van der Waals surface area contributed by atoms with Gasteiger partial charge >= 0.3 is 5.97 Å². The number of nitrogens with one attached hydrogen (secondary N) is 1. The number of hydrogen-bond acceptors (Lipinski definition) is 4. The Labute approximate surface area is 132 Å². The van der Waals surface area contributed by atoms with Crippen molar-refractivity contribution < 1.29 is 14.3 Å². The van der Waals surface area contributed by atoms with Gasteiger partial charge in [-0.05, 0) is 43.7 Å². The van der Waals surface area contributed by atoms with E-state index in [0.717, 1.165) is 0 Å². The molecule has 1 amide bonds. The second-order valence-electron chi connectivity index (χ2n) is 6.57. The van der Waals surface area contributed by atoms with Crippen LogP contribution >= 0.6 is 0 Å². The molecular weight excluding hydrogens is 280 g/mol. The first-order valence-electron chi connectivity index (χ1n) is 7.33. The van der Waals surface area contributed by atoms with Crippen LogP contribution in [-0.4, -0.2) is 43.5 Å². The van der Waals surface area contributed by atoms with Gasteiger partial charge in [0.15, 0.2) is 0 Å². The van der Waals surface area contributed by atoms with Crippen LogP contribution in [0.3, 0.4) is 0 Å². The topological polar surface area (TPSA) is 58.6 Å². The van der Waals surface area contributed by atoms with Crippen molar-refractivity contribution in [2.24, 2.45) is 5.41 Å². The van der Waals surface area contributed by atoms with Gasteiger partial charge in [-0.15, -0.1) is 0 Å². The Morgan fingerprint density at radius 1 is 1.23 bits per heavy atom. The van der Waals surface area contributed by atoms with Crippen LogP contribution in [0.5, 0.6) is 0 Å². The third-order valence-electron chi connectivity index (χ3n) is 3.90. The molecule has 1 atom stereocenters. The SMILES string of the molecule is COC(=O)c1ccc(NC(=O)CN(C)C(C)C(C)(C)C)cc1. The van der Waals surface area contributed by atoms with Gasteiger partial charge in [0.25, 0.3) is 0 Å². The summed E-state index contributed by atoms with van der Waals surface area (Å²) in [6.45, 7) is 8.88. The van der Waals surface area contributed by atoms with E-state index in [1.54, 1.807) is 24.3 Å². The fourth-order valence-electron chi connectivity index (χ4n) is 2.03. The maximum absolute atomic E-state index is 12.1. The number of likely N-dealkylation sites (N-methyl/N-ethyl adjacent to an activating group) is 1. The average molecular weight is 306 g/mol. The fraction of sp³-hybridized carbons (Fsp3) is 0.529. The van der Waals surface area contributed by atoms with Crippen LogP contribution in [0.2, 0.25) is 0 Å². The summed E-state index contributed by atoms with van der Waals surface area (Å²) >= 11 is 0. The normalized spacial score (nSPS) is 12.9. The van der Waals surface area contributed by atoms with Crippen LogP contribution in [0.25, 0.3) is 0 Å². The van der Waals surface area contributed by atoms with Crippen molar-refractivity contribution in [3.63, 3.8) is 0 Å². The standard InChI is InChI=1S/C17H26N2O3/c1-12(17(2,3)4)19(5)11-15(20)18-14-9-7-13(8-10-14)16(21)22-6/h7-10,12H,11H2,1-6H3,(H,18,20). The summed E-state index contributed by atoms with van der Waals surface area (Å²) in [5.41, 5.74) is 1.23. The number of hydrogen-bond donors (Lipinski definition) is 1. The molecular formula is C17H26N2O3. The highest BCUT2D eigenvalue weighted by Crippen LogP contribution is 2.22. The van der Waals surface area contributed by atoms with Crippen molar-refractivity contribution in [1.82, 2.24) is 4.90 Å². The van der Waals surface area contributed by atoms with Crippen molar-refractivity contribution in [2.75, 3.05) is 26.0 Å². The molecule has 0 bridgehead atoms. The lowest BCUT2D eigenvalue weighted by Gasteiger charge is -2.34. The van der Waals surface area contributed by atoms with Crippen molar-refractivity contribution >= 4 is 17.6 Å². The van der Waals surface area contributed by atoms with E-state index < -0.39 is 5.97 Å². The van der Waals surface area contributed by atoms with E-state index in [2.05, 4.69) is 37.7 Å². The number of benzene rings is 1. The minimum atomic E-state index is -0.392. The van der Waals surface area contributed by atoms with Gasteiger partial charge in [0.1, 0.15) is 0 Å². The summed E-state index contributed by atoms with van der Waals surface area (Å²) < 4.78 is 4.64. The van der Waals surface area contributed by atoms with Gasteiger partial charge in [0.05, 0.1) is 19.2 Å². The molecule has 0 radical (unpaired) electrons. The third kappa shape index (κ3) is 5.15. The lowest BCUT2D eigenvalue weighted by atomic mass is 9.87. The number of ether oxygens (including phenoxy) is 1. The molecule has 1 N–H and O–H groups in total. The molecule has 5 heteroatoms. The average Bonchev–Trinajstić information content (AvgIpc) is 2.45. The van der Waals surface area contributed by atoms with Gasteiger partial charge in [0, 0.05) is 11.7 Å². The summed E-state index contributed by atoms with van der Waals surface area (Å²) in [5.74, 6) is -0.471. The van der Waals surface area contributed by atoms with Gasteiger partial charge in [-0.1, -0.05) is 20.8 Å². The molecule has 0 aliphatic heterocycles. The van der Waals surface area contributed by atoms with Crippen LogP contribution in [0.1, 0.15) is 38.1 Å². The van der Waals surface area contributed by atoms with Crippen LogP contribution in [0.4, 0.5) is 5.69 Å². The zero-order chi connectivity index (χ0) is 16.9. The molecule has 0 aromatic heterocycles. The fourth-order valence-corrected chi connectivity index (χ4v) is 2.03. The first-order valence-corrected chi connectivity index (χ1v) is 7.33. The first kappa shape index (κ1) is 18.2. The number of methoxy groups -OCH3 is 1. The second kappa shape index (κ2) is 7.40. The maximum atomic E-state index is 12.1. The van der Waals surface area contributed by atoms with Crippen molar-refractivity contribution in [3.05, 3.63) is 29.8 Å². The van der Waals surface area contributed by atoms with E-state index >= 15 is 0 Å². The van der Waals surface area contributed by atoms with Gasteiger partial charge in [-0.25, -0.2) is 4.79 Å². The highest BCUT2D eigenvalue weighted by molar-refractivity contribution is 5.93. The zero-order valence-corrected chi connectivity index (χ0v) is 14.3. The predicted molar refractivity (Wildman–Crippen MR) is 88.0 cm³/mol. The lowest BCUT2D eigenvalue weighted by molar-refractivity contribution is -0.117. The smallest absolute Gasteiger partial charge is 0.337 e. The van der Waals surface area contributed by atoms with E-state index in [4.69, 9.17) is 0 Å². The molecule has 1 aromatic rings. The van der Waals surface area contributed by atoms with E-state index in [0.29, 0.717) is 17.8 Å². The molecule has 0 fully saturated rings. The number of nitrogens with zero attached hydrogens (tertiary/aromatic N) is 1. The molecule has 122 valence electrons. The Morgan fingerprint density at radius 3 is 2.23 bits per heavy atom. The number of amides is 1. The van der Waals surface area contributed by atoms with Gasteiger partial charge in [-0.2, -0.15) is 0 Å². The molecule has 1 rings (SSSR count). The molecule has 0 heterocycles. The van der Waals surface area contributed by atoms with E-state index in [-0.39, 0.29) is 17.4 Å². The maximum Gasteiger partial charge on any atom is 0.337 e. The zero-order valence-electron chi connectivity index (χ0n) is 14.3. The van der Waals surface area contributed by atoms with Crippen LogP contribution in [0.15, 0.2) is 24.3 Å². The number of carbonyl (C=O) groups is 2. The summed E-state index contributed by atoms with van der Waals surface area (Å²) in [6.07, 6.45) is 0. The van der Waals surface area contributed by atoms with E-state index in [1.165, 1.54) is 7.11 Å². The molecule has 0 aliphatic carbocycles. The molecule has 5 nitrogen and oxygen atoms in total. The molecule has 0 saturated heterocycles. The molecule has 0 saturated carbocycles. The minimum absolute atomic E-state index is 0.0792. The quantitative estimate of drug-likeness (QED) is 0.850. The molecule has 1 aromatic carbocycles. The Bertz CT molecular complexity index is 518. The summed E-state index contributed by atoms with van der Waals surface area (Å²) in [4.78, 5) is 25.5. The number of esters is 1. The minimum Gasteiger partial charge on any atom is -0.465 e. The Balaban J connectivity index is 2.60. The predicted octanol–water partition coefficient (Wildman–Crippen LogP) is 2.78. The van der Waals surface area contributed by atoms with Gasteiger partial charge in [-0.3, -0.25) is 9.69 Å². The number of anilines is 1. The molecule has 1 unspecified atom stereocenters. The highest BCUT2D eigenvalue weighted by Gasteiger charge is 2.24. The van der Waals surface area contributed by atoms with Crippen LogP contribution in [0, 0.1) is 5.41 Å². The monoisotopic (exact) mass is 306 g/mol. The molecule has 0 spiro atoms. The summed E-state index contributed by atoms with van der Waals surface area (Å²) in [5, 5.41) is 2.83. The van der Waals surface area contributed by atoms with E-state index in [9.17, 15) is 9.59 Å². The summed E-state index contributed by atoms with van der Waals surface area (Å²) in [6, 6.07) is 6.92. The Morgan fingerprint density at radius 2 is 1.77 bits per heavy atom. The van der Waals surface area contributed by atoms with Gasteiger partial charge < -0.3 is 10.1 Å². The second-order valence-corrected chi connectivity index (χ2v) is 6.57. The Kier molecular flexibility index (Phi) is 6.11.